The predicted octanol–water partition coefficient (Wildman–Crippen LogP) is 5.18. The Bertz CT molecular complexity index is 630. The van der Waals surface area contributed by atoms with Crippen LogP contribution < -0.4 is 4.74 Å². The first-order valence-electron chi connectivity index (χ1n) is 6.20. The van der Waals surface area contributed by atoms with E-state index in [4.69, 9.17) is 0 Å². The molecular weight excluding hydrogens is 265 g/mol. The van der Waals surface area contributed by atoms with E-state index in [-0.39, 0.29) is 5.75 Å². The van der Waals surface area contributed by atoms with Crippen molar-refractivity contribution in [1.82, 2.24) is 0 Å². The van der Waals surface area contributed by atoms with Crippen molar-refractivity contribution < 1.29 is 17.9 Å². The van der Waals surface area contributed by atoms with Gasteiger partial charge >= 0.3 is 6.36 Å². The van der Waals surface area contributed by atoms with Gasteiger partial charge < -0.3 is 4.74 Å². The van der Waals surface area contributed by atoms with Gasteiger partial charge in [-0.2, -0.15) is 0 Å². The zero-order valence-electron chi connectivity index (χ0n) is 11.5. The molecule has 0 atom stereocenters. The van der Waals surface area contributed by atoms with Crippen molar-refractivity contribution >= 4 is 0 Å². The van der Waals surface area contributed by atoms with Crippen LogP contribution in [0.5, 0.6) is 5.75 Å². The number of hydrogen-bond donors (Lipinski definition) is 0. The number of rotatable bonds is 2. The minimum atomic E-state index is -4.67. The van der Waals surface area contributed by atoms with Crippen molar-refractivity contribution in [1.29, 1.82) is 0 Å². The number of ether oxygens (including phenoxy) is 1. The molecule has 0 bridgehead atoms. The van der Waals surface area contributed by atoms with Gasteiger partial charge in [0, 0.05) is 0 Å². The van der Waals surface area contributed by atoms with E-state index in [1.54, 1.807) is 6.07 Å². The van der Waals surface area contributed by atoms with E-state index < -0.39 is 6.36 Å². The minimum Gasteiger partial charge on any atom is -0.406 e. The normalized spacial score (nSPS) is 11.5. The van der Waals surface area contributed by atoms with Crippen molar-refractivity contribution in [2.24, 2.45) is 0 Å². The first-order chi connectivity index (χ1) is 9.26. The second-order valence-electron chi connectivity index (χ2n) is 4.84. The number of aryl methyl sites for hydroxylation is 3. The Morgan fingerprint density at radius 1 is 0.800 bits per heavy atom. The van der Waals surface area contributed by atoms with E-state index in [1.165, 1.54) is 12.1 Å². The molecule has 0 aliphatic heterocycles. The van der Waals surface area contributed by atoms with Crippen LogP contribution in [0.4, 0.5) is 13.2 Å². The summed E-state index contributed by atoms with van der Waals surface area (Å²) in [5.74, 6) is -0.195. The third kappa shape index (κ3) is 3.32. The highest BCUT2D eigenvalue weighted by Crippen LogP contribution is 2.32. The zero-order chi connectivity index (χ0) is 14.9. The molecule has 106 valence electrons. The molecular formula is C16H15F3O. The number of alkyl halides is 3. The Labute approximate surface area is 116 Å². The summed E-state index contributed by atoms with van der Waals surface area (Å²) in [4.78, 5) is 0. The van der Waals surface area contributed by atoms with Crippen molar-refractivity contribution in [3.8, 4) is 16.9 Å². The Morgan fingerprint density at radius 2 is 1.35 bits per heavy atom. The molecule has 0 heterocycles. The Hall–Kier alpha value is -1.97. The first-order valence-corrected chi connectivity index (χ1v) is 6.20. The molecule has 0 saturated heterocycles. The van der Waals surface area contributed by atoms with E-state index in [0.29, 0.717) is 0 Å². The molecule has 0 spiro atoms. The molecule has 0 unspecified atom stereocenters. The molecule has 0 aliphatic rings. The fraction of sp³-hybridized carbons (Fsp3) is 0.250. The predicted molar refractivity (Wildman–Crippen MR) is 72.8 cm³/mol. The van der Waals surface area contributed by atoms with Gasteiger partial charge in [-0.15, -0.1) is 13.2 Å². The third-order valence-corrected chi connectivity index (χ3v) is 3.13. The molecule has 0 aromatic heterocycles. The molecule has 0 saturated carbocycles. The lowest BCUT2D eigenvalue weighted by molar-refractivity contribution is -0.274. The lowest BCUT2D eigenvalue weighted by Crippen LogP contribution is -2.17. The van der Waals surface area contributed by atoms with Crippen molar-refractivity contribution in [3.05, 3.63) is 53.1 Å². The van der Waals surface area contributed by atoms with E-state index in [0.717, 1.165) is 27.8 Å². The van der Waals surface area contributed by atoms with Gasteiger partial charge in [0.1, 0.15) is 5.75 Å². The largest absolute Gasteiger partial charge is 0.573 e. The lowest BCUT2D eigenvalue weighted by atomic mass is 9.95. The quantitative estimate of drug-likeness (QED) is 0.736. The average Bonchev–Trinajstić information content (AvgIpc) is 2.33. The fourth-order valence-corrected chi connectivity index (χ4v) is 2.11. The van der Waals surface area contributed by atoms with Gasteiger partial charge in [0.25, 0.3) is 0 Å². The maximum absolute atomic E-state index is 12.3. The summed E-state index contributed by atoms with van der Waals surface area (Å²) in [6, 6.07) is 10.3. The summed E-state index contributed by atoms with van der Waals surface area (Å²) in [7, 11) is 0. The van der Waals surface area contributed by atoms with Gasteiger partial charge in [-0.3, -0.25) is 0 Å². The van der Waals surface area contributed by atoms with Crippen LogP contribution in [0.3, 0.4) is 0 Å². The van der Waals surface area contributed by atoms with E-state index in [2.05, 4.69) is 4.74 Å². The monoisotopic (exact) mass is 280 g/mol. The molecule has 0 amide bonds. The summed E-state index contributed by atoms with van der Waals surface area (Å²) < 4.78 is 40.9. The van der Waals surface area contributed by atoms with Crippen LogP contribution in [0.1, 0.15) is 16.7 Å². The molecule has 0 fully saturated rings. The highest BCUT2D eigenvalue weighted by atomic mass is 19.4. The molecule has 4 heteroatoms. The summed E-state index contributed by atoms with van der Waals surface area (Å²) in [5, 5.41) is 0. The second kappa shape index (κ2) is 5.19. The van der Waals surface area contributed by atoms with Crippen LogP contribution in [-0.2, 0) is 0 Å². The van der Waals surface area contributed by atoms with Crippen molar-refractivity contribution in [2.75, 3.05) is 0 Å². The van der Waals surface area contributed by atoms with Crippen LogP contribution >= 0.6 is 0 Å². The standard InChI is InChI=1S/C16H15F3O/c1-10-4-5-11(2)14(8-10)15-9-13(7-6-12(15)3)20-16(17,18)19/h4-9H,1-3H3. The molecule has 2 aromatic rings. The highest BCUT2D eigenvalue weighted by molar-refractivity contribution is 5.72. The Morgan fingerprint density at radius 3 is 1.95 bits per heavy atom. The number of benzene rings is 2. The fourth-order valence-electron chi connectivity index (χ4n) is 2.11. The van der Waals surface area contributed by atoms with Crippen LogP contribution in [-0.4, -0.2) is 6.36 Å². The third-order valence-electron chi connectivity index (χ3n) is 3.13. The average molecular weight is 280 g/mol. The van der Waals surface area contributed by atoms with Crippen molar-refractivity contribution in [3.63, 3.8) is 0 Å². The molecule has 0 radical (unpaired) electrons. The smallest absolute Gasteiger partial charge is 0.406 e. The Balaban J connectivity index is 2.50. The van der Waals surface area contributed by atoms with Crippen LogP contribution in [0, 0.1) is 20.8 Å². The summed E-state index contributed by atoms with van der Waals surface area (Å²) in [6.45, 7) is 5.76. The van der Waals surface area contributed by atoms with Gasteiger partial charge in [0.05, 0.1) is 0 Å². The van der Waals surface area contributed by atoms with Gasteiger partial charge in [0.2, 0.25) is 0 Å². The van der Waals surface area contributed by atoms with Crippen LogP contribution in [0.15, 0.2) is 36.4 Å². The van der Waals surface area contributed by atoms with Gasteiger partial charge in [-0.05, 0) is 55.2 Å². The van der Waals surface area contributed by atoms with Gasteiger partial charge in [-0.1, -0.05) is 29.8 Å². The van der Waals surface area contributed by atoms with Gasteiger partial charge in [-0.25, -0.2) is 0 Å². The minimum absolute atomic E-state index is 0.195. The topological polar surface area (TPSA) is 9.23 Å². The molecule has 20 heavy (non-hydrogen) atoms. The van der Waals surface area contributed by atoms with Crippen LogP contribution in [0.2, 0.25) is 0 Å². The Kier molecular flexibility index (Phi) is 3.75. The summed E-state index contributed by atoms with van der Waals surface area (Å²) in [6.07, 6.45) is -4.67. The highest BCUT2D eigenvalue weighted by Gasteiger charge is 2.31. The molecule has 1 nitrogen and oxygen atoms in total. The lowest BCUT2D eigenvalue weighted by Gasteiger charge is -2.14. The second-order valence-corrected chi connectivity index (χ2v) is 4.84. The maximum atomic E-state index is 12.3. The SMILES string of the molecule is Cc1ccc(C)c(-c2cc(OC(F)(F)F)ccc2C)c1. The van der Waals surface area contributed by atoms with E-state index in [1.807, 2.05) is 39.0 Å². The van der Waals surface area contributed by atoms with E-state index >= 15 is 0 Å². The molecule has 2 aromatic carbocycles. The summed E-state index contributed by atoms with van der Waals surface area (Å²) >= 11 is 0. The van der Waals surface area contributed by atoms with E-state index in [9.17, 15) is 13.2 Å². The van der Waals surface area contributed by atoms with Crippen LogP contribution in [0.25, 0.3) is 11.1 Å². The summed E-state index contributed by atoms with van der Waals surface area (Å²) in [5.41, 5.74) is 4.67. The first kappa shape index (κ1) is 14.4. The number of hydrogen-bond acceptors (Lipinski definition) is 1. The zero-order valence-corrected chi connectivity index (χ0v) is 11.5. The number of halogens is 3. The maximum Gasteiger partial charge on any atom is 0.573 e. The van der Waals surface area contributed by atoms with Crippen molar-refractivity contribution in [2.45, 2.75) is 27.1 Å². The molecule has 0 aliphatic carbocycles. The molecule has 2 rings (SSSR count). The molecule has 0 N–H and O–H groups in total. The van der Waals surface area contributed by atoms with Gasteiger partial charge in [0.15, 0.2) is 0 Å².